The van der Waals surface area contributed by atoms with E-state index in [1.807, 2.05) is 4.90 Å². The van der Waals surface area contributed by atoms with Crippen molar-refractivity contribution in [1.29, 1.82) is 0 Å². The van der Waals surface area contributed by atoms with Crippen molar-refractivity contribution >= 4 is 40.6 Å². The van der Waals surface area contributed by atoms with Gasteiger partial charge in [-0.1, -0.05) is 11.6 Å². The fourth-order valence-electron chi connectivity index (χ4n) is 2.86. The SMILES string of the molecule is COc1ccc(NC(=O)Nc2ccc(Cl)cc2)cc1NC(=O)CN1CCOCC1. The maximum absolute atomic E-state index is 12.4. The van der Waals surface area contributed by atoms with Gasteiger partial charge in [0.05, 0.1) is 32.6 Å². The molecule has 0 aromatic heterocycles. The van der Waals surface area contributed by atoms with Gasteiger partial charge in [-0.15, -0.1) is 0 Å². The Kier molecular flexibility index (Phi) is 7.29. The van der Waals surface area contributed by atoms with Crippen LogP contribution in [0.1, 0.15) is 0 Å². The van der Waals surface area contributed by atoms with Gasteiger partial charge in [-0.3, -0.25) is 9.69 Å². The highest BCUT2D eigenvalue weighted by atomic mass is 35.5. The molecule has 0 aliphatic carbocycles. The molecule has 1 heterocycles. The topological polar surface area (TPSA) is 91.9 Å². The van der Waals surface area contributed by atoms with Gasteiger partial charge < -0.3 is 25.4 Å². The summed E-state index contributed by atoms with van der Waals surface area (Å²) in [6.45, 7) is 2.95. The van der Waals surface area contributed by atoms with Crippen LogP contribution in [0.2, 0.25) is 5.02 Å². The number of urea groups is 1. The van der Waals surface area contributed by atoms with E-state index in [1.54, 1.807) is 42.5 Å². The Hall–Kier alpha value is -2.81. The van der Waals surface area contributed by atoms with Crippen LogP contribution in [0.15, 0.2) is 42.5 Å². The Morgan fingerprint density at radius 3 is 2.38 bits per heavy atom. The van der Waals surface area contributed by atoms with Gasteiger partial charge in [-0.2, -0.15) is 0 Å². The number of benzene rings is 2. The zero-order valence-corrected chi connectivity index (χ0v) is 16.8. The molecule has 0 atom stereocenters. The average Bonchev–Trinajstić information content (AvgIpc) is 2.70. The number of nitrogens with zero attached hydrogens (tertiary/aromatic N) is 1. The molecule has 1 aliphatic heterocycles. The second-order valence-electron chi connectivity index (χ2n) is 6.44. The van der Waals surface area contributed by atoms with Crippen molar-refractivity contribution in [2.45, 2.75) is 0 Å². The van der Waals surface area contributed by atoms with Gasteiger partial charge >= 0.3 is 6.03 Å². The van der Waals surface area contributed by atoms with Gasteiger partial charge in [-0.05, 0) is 42.5 Å². The second kappa shape index (κ2) is 10.1. The number of carbonyl (C=O) groups is 2. The molecule has 3 amide bonds. The highest BCUT2D eigenvalue weighted by molar-refractivity contribution is 6.30. The third-order valence-corrected chi connectivity index (χ3v) is 4.56. The van der Waals surface area contributed by atoms with Crippen LogP contribution in [0.3, 0.4) is 0 Å². The fraction of sp³-hybridized carbons (Fsp3) is 0.300. The summed E-state index contributed by atoms with van der Waals surface area (Å²) in [7, 11) is 1.52. The van der Waals surface area contributed by atoms with Crippen LogP contribution < -0.4 is 20.7 Å². The molecule has 2 aromatic rings. The molecule has 3 rings (SSSR count). The lowest BCUT2D eigenvalue weighted by Crippen LogP contribution is -2.41. The summed E-state index contributed by atoms with van der Waals surface area (Å²) in [6, 6.07) is 11.4. The smallest absolute Gasteiger partial charge is 0.323 e. The number of halogens is 1. The van der Waals surface area contributed by atoms with Gasteiger partial charge in [0.15, 0.2) is 0 Å². The van der Waals surface area contributed by atoms with Crippen molar-refractivity contribution in [3.63, 3.8) is 0 Å². The molecule has 0 radical (unpaired) electrons. The second-order valence-corrected chi connectivity index (χ2v) is 6.87. The van der Waals surface area contributed by atoms with Crippen LogP contribution in [0, 0.1) is 0 Å². The first-order chi connectivity index (χ1) is 14.0. The number of hydrogen-bond acceptors (Lipinski definition) is 5. The molecule has 2 aromatic carbocycles. The highest BCUT2D eigenvalue weighted by Crippen LogP contribution is 2.28. The number of rotatable bonds is 6. The molecular weight excluding hydrogens is 396 g/mol. The van der Waals surface area contributed by atoms with Crippen LogP contribution in [-0.2, 0) is 9.53 Å². The lowest BCUT2D eigenvalue weighted by Gasteiger charge is -2.26. The molecule has 3 N–H and O–H groups in total. The van der Waals surface area contributed by atoms with Gasteiger partial charge in [-0.25, -0.2) is 4.79 Å². The molecule has 29 heavy (non-hydrogen) atoms. The number of ether oxygens (including phenoxy) is 2. The number of carbonyl (C=O) groups excluding carboxylic acids is 2. The Morgan fingerprint density at radius 1 is 1.03 bits per heavy atom. The standard InChI is InChI=1S/C20H23ClN4O4/c1-28-18-7-6-16(23-20(27)22-15-4-2-14(21)3-5-15)12-17(18)24-19(26)13-25-8-10-29-11-9-25/h2-7,12H,8-11,13H2,1H3,(H,24,26)(H2,22,23,27). The van der Waals surface area contributed by atoms with Crippen molar-refractivity contribution in [2.24, 2.45) is 0 Å². The lowest BCUT2D eigenvalue weighted by molar-refractivity contribution is -0.118. The Labute approximate surface area is 174 Å². The molecule has 9 heteroatoms. The summed E-state index contributed by atoms with van der Waals surface area (Å²) in [5, 5.41) is 8.88. The van der Waals surface area contributed by atoms with E-state index < -0.39 is 6.03 Å². The molecule has 0 bridgehead atoms. The number of hydrogen-bond donors (Lipinski definition) is 3. The van der Waals surface area contributed by atoms with Crippen LogP contribution in [0.4, 0.5) is 21.9 Å². The molecule has 8 nitrogen and oxygen atoms in total. The minimum atomic E-state index is -0.414. The van der Waals surface area contributed by atoms with Gasteiger partial charge in [0, 0.05) is 29.5 Å². The normalized spacial score (nSPS) is 14.1. The third-order valence-electron chi connectivity index (χ3n) is 4.30. The van der Waals surface area contributed by atoms with E-state index >= 15 is 0 Å². The van der Waals surface area contributed by atoms with E-state index in [0.717, 1.165) is 13.1 Å². The zero-order valence-electron chi connectivity index (χ0n) is 16.0. The molecule has 0 spiro atoms. The summed E-state index contributed by atoms with van der Waals surface area (Å²) >= 11 is 5.84. The number of amides is 3. The van der Waals surface area contributed by atoms with Gasteiger partial charge in [0.2, 0.25) is 5.91 Å². The van der Waals surface area contributed by atoms with Crippen molar-refractivity contribution in [2.75, 3.05) is 55.9 Å². The van der Waals surface area contributed by atoms with Crippen LogP contribution in [0.25, 0.3) is 0 Å². The summed E-state index contributed by atoms with van der Waals surface area (Å²) < 4.78 is 10.6. The summed E-state index contributed by atoms with van der Waals surface area (Å²) in [6.07, 6.45) is 0. The van der Waals surface area contributed by atoms with Crippen molar-refractivity contribution in [3.05, 3.63) is 47.5 Å². The Morgan fingerprint density at radius 2 is 1.69 bits per heavy atom. The van der Waals surface area contributed by atoms with Gasteiger partial charge in [0.25, 0.3) is 0 Å². The zero-order chi connectivity index (χ0) is 20.6. The number of nitrogens with one attached hydrogen (secondary N) is 3. The molecule has 1 aliphatic rings. The van der Waals surface area contributed by atoms with Crippen molar-refractivity contribution < 1.29 is 19.1 Å². The van der Waals surface area contributed by atoms with E-state index in [9.17, 15) is 9.59 Å². The maximum Gasteiger partial charge on any atom is 0.323 e. The van der Waals surface area contributed by atoms with E-state index in [4.69, 9.17) is 21.1 Å². The van der Waals surface area contributed by atoms with E-state index in [0.29, 0.717) is 41.0 Å². The van der Waals surface area contributed by atoms with Crippen molar-refractivity contribution in [1.82, 2.24) is 4.90 Å². The number of anilines is 3. The molecule has 1 fully saturated rings. The minimum Gasteiger partial charge on any atom is -0.495 e. The fourth-order valence-corrected chi connectivity index (χ4v) is 2.99. The van der Waals surface area contributed by atoms with Crippen molar-refractivity contribution in [3.8, 4) is 5.75 Å². The van der Waals surface area contributed by atoms with Gasteiger partial charge in [0.1, 0.15) is 5.75 Å². The first kappa shape index (κ1) is 20.9. The molecule has 0 saturated carbocycles. The van der Waals surface area contributed by atoms with Crippen LogP contribution in [-0.4, -0.2) is 56.8 Å². The molecular formula is C20H23ClN4O4. The summed E-state index contributed by atoms with van der Waals surface area (Å²) in [5.41, 5.74) is 1.61. The van der Waals surface area contributed by atoms with E-state index in [2.05, 4.69) is 16.0 Å². The predicted molar refractivity (Wildman–Crippen MR) is 113 cm³/mol. The monoisotopic (exact) mass is 418 g/mol. The average molecular weight is 419 g/mol. The summed E-state index contributed by atoms with van der Waals surface area (Å²) in [4.78, 5) is 26.6. The van der Waals surface area contributed by atoms with Crippen LogP contribution >= 0.6 is 11.6 Å². The largest absolute Gasteiger partial charge is 0.495 e. The van der Waals surface area contributed by atoms with Crippen LogP contribution in [0.5, 0.6) is 5.75 Å². The van der Waals surface area contributed by atoms with E-state index in [1.165, 1.54) is 7.11 Å². The third kappa shape index (κ3) is 6.35. The minimum absolute atomic E-state index is 0.159. The quantitative estimate of drug-likeness (QED) is 0.669. The number of methoxy groups -OCH3 is 1. The molecule has 154 valence electrons. The van der Waals surface area contributed by atoms with E-state index in [-0.39, 0.29) is 12.5 Å². The predicted octanol–water partition coefficient (Wildman–Crippen LogP) is 3.26. The Balaban J connectivity index is 1.62. The highest BCUT2D eigenvalue weighted by Gasteiger charge is 2.16. The first-order valence-corrected chi connectivity index (χ1v) is 9.53. The lowest BCUT2D eigenvalue weighted by atomic mass is 10.2. The summed E-state index contributed by atoms with van der Waals surface area (Å²) in [5.74, 6) is 0.344. The molecule has 1 saturated heterocycles. The molecule has 0 unspecified atom stereocenters. The number of morpholine rings is 1. The maximum atomic E-state index is 12.4. The first-order valence-electron chi connectivity index (χ1n) is 9.15. The Bertz CT molecular complexity index is 854.